The monoisotopic (exact) mass is 1990 g/mol. The quantitative estimate of drug-likeness (QED) is 0.0508. The Kier molecular flexibility index (Phi) is 28.2. The lowest BCUT2D eigenvalue weighted by molar-refractivity contribution is -0.277. The summed E-state index contributed by atoms with van der Waals surface area (Å²) in [5.74, 6) is -3.75. The van der Waals surface area contributed by atoms with E-state index >= 15 is 26.3 Å². The molecule has 0 radical (unpaired) electrons. The molecular formula is C102H45F21N14O2S3. The van der Waals surface area contributed by atoms with Gasteiger partial charge in [-0.3, -0.25) is 0 Å². The molecule has 0 saturated carbocycles. The Hall–Kier alpha value is -17.3. The molecule has 0 saturated heterocycles. The highest BCUT2D eigenvalue weighted by atomic mass is 32.2. The van der Waals surface area contributed by atoms with Crippen molar-refractivity contribution >= 4 is 68.7 Å². The molecule has 9 aromatic carbocycles. The van der Waals surface area contributed by atoms with Crippen LogP contribution in [0.25, 0.3) is 62.5 Å². The number of halogens is 21. The van der Waals surface area contributed by atoms with E-state index in [2.05, 4.69) is 50.7 Å². The molecule has 16 nitrogen and oxygen atoms in total. The Labute approximate surface area is 802 Å². The van der Waals surface area contributed by atoms with Crippen molar-refractivity contribution in [1.29, 1.82) is 42.1 Å². The van der Waals surface area contributed by atoms with Crippen LogP contribution in [0.15, 0.2) is 228 Å². The summed E-state index contributed by atoms with van der Waals surface area (Å²) in [6.07, 6.45) is -25.3. The maximum atomic E-state index is 15.4. The summed E-state index contributed by atoms with van der Waals surface area (Å²) in [5, 5.41) is 77.3. The summed E-state index contributed by atoms with van der Waals surface area (Å²) in [6, 6.07) is 47.1. The van der Waals surface area contributed by atoms with Crippen LogP contribution in [-0.4, -0.2) is 29.2 Å². The number of fused-ring (bicyclic) bond motifs is 6. The first kappa shape index (κ1) is 102. The smallest absolute Gasteiger partial charge is 0.405 e. The second-order valence-electron chi connectivity index (χ2n) is 31.0. The molecule has 142 heavy (non-hydrogen) atoms. The topological polar surface area (TPSA) is 235 Å². The molecule has 0 unspecified atom stereocenters. The van der Waals surface area contributed by atoms with Gasteiger partial charge in [0, 0.05) is 72.4 Å². The average Bonchev–Trinajstić information content (AvgIpc) is 1.54. The largest absolute Gasteiger partial charge is 0.573 e. The maximum Gasteiger partial charge on any atom is 0.573 e. The van der Waals surface area contributed by atoms with Gasteiger partial charge in [-0.15, -0.1) is 26.3 Å². The van der Waals surface area contributed by atoms with Crippen LogP contribution in [0, 0.1) is 151 Å². The lowest BCUT2D eigenvalue weighted by Crippen LogP contribution is -2.36. The number of thioether (sulfide) groups is 3. The minimum Gasteiger partial charge on any atom is -0.405 e. The van der Waals surface area contributed by atoms with Crippen LogP contribution >= 0.6 is 35.3 Å². The molecule has 9 aromatic rings. The van der Waals surface area contributed by atoms with Crippen molar-refractivity contribution < 1.29 is 102 Å². The van der Waals surface area contributed by atoms with Crippen LogP contribution in [0.4, 0.5) is 92.2 Å². The van der Waals surface area contributed by atoms with Gasteiger partial charge in [0.2, 0.25) is 0 Å². The van der Waals surface area contributed by atoms with Gasteiger partial charge in [-0.25, -0.2) is 0 Å². The molecule has 0 fully saturated rings. The first-order valence-electron chi connectivity index (χ1n) is 40.2. The number of allylic oxidation sites excluding steroid dienone is 9. The standard InChI is InChI=1S/C34H15F9N4O2S.C34H15F9N4S.C34H15F3N6S/c1-16-6-4-7-17(10-16)26-24(31(46-2)47-3)13-23-28(26)29(48-32(35,36)37)22-12-21(19(14-44)15-45)25(27(22)30(23)49-33(38,39)40)18-8-5-9-20(11-18)50-34(41,42)43;1-16-6-4-7-17(10-16)26-24(31(46-2)47-3)13-23-28(26)29(32(35,36)37)22-12-21(19(14-44)15-45)25(27(22)30(23)33(38,39)40)18-8-5-9-20(11-18)48-34(41,42)43;1-18-6-4-7-19(10-18)30-26(33(42-2)43-3)13-25-28(17-41)31-24(27(16-40)32(25)30)12-23(21(14-38)15-39)29(31)20-8-5-9-22(11-20)44-34(35,36)37/h4-11H,12-13H2,1H3;4-11H,12-13H2,1H3;4-11H,12-13H2,1H3. The summed E-state index contributed by atoms with van der Waals surface area (Å²) in [5.41, 5.74) is -20.7. The van der Waals surface area contributed by atoms with E-state index in [1.165, 1.54) is 72.8 Å². The fourth-order valence-electron chi connectivity index (χ4n) is 18.0. The molecule has 0 N–H and O–H groups in total. The molecule has 0 amide bonds. The van der Waals surface area contributed by atoms with Gasteiger partial charge in [0.05, 0.1) is 39.0 Å². The minimum atomic E-state index is -5.51. The van der Waals surface area contributed by atoms with Crippen LogP contribution in [0.2, 0.25) is 0 Å². The summed E-state index contributed by atoms with van der Waals surface area (Å²) in [7, 11) is 0. The zero-order valence-electron chi connectivity index (χ0n) is 71.8. The highest BCUT2D eigenvalue weighted by Crippen LogP contribution is 2.51. The molecule has 0 spiro atoms. The van der Waals surface area contributed by atoms with Crippen molar-refractivity contribution in [3.05, 3.63) is 419 Å². The van der Waals surface area contributed by atoms with E-state index in [1.54, 1.807) is 50.3 Å². The van der Waals surface area contributed by atoms with Gasteiger partial charge in [-0.05, 0) is 222 Å². The zero-order valence-corrected chi connectivity index (χ0v) is 74.3. The van der Waals surface area contributed by atoms with Crippen molar-refractivity contribution in [2.75, 3.05) is 0 Å². The van der Waals surface area contributed by atoms with Gasteiger partial charge in [0.1, 0.15) is 116 Å². The first-order chi connectivity index (χ1) is 66.9. The van der Waals surface area contributed by atoms with Crippen LogP contribution in [0.3, 0.4) is 0 Å². The average molecular weight is 1990 g/mol. The van der Waals surface area contributed by atoms with Crippen molar-refractivity contribution in [1.82, 2.24) is 0 Å². The van der Waals surface area contributed by atoms with E-state index in [0.29, 0.717) is 44.2 Å². The van der Waals surface area contributed by atoms with Crippen LogP contribution < -0.4 is 40.8 Å². The summed E-state index contributed by atoms with van der Waals surface area (Å²) < 4.78 is 306. The highest BCUT2D eigenvalue weighted by Gasteiger charge is 2.51. The van der Waals surface area contributed by atoms with E-state index in [0.717, 1.165) is 54.1 Å². The predicted octanol–water partition coefficient (Wildman–Crippen LogP) is 23.1. The second kappa shape index (κ2) is 39.3. The number of nitrogens with zero attached hydrogens (tertiary/aromatic N) is 14. The molecule has 6 aliphatic carbocycles. The number of hydrogen-bond donors (Lipinski definition) is 0. The fourth-order valence-corrected chi connectivity index (χ4v) is 19.8. The normalized spacial score (nSPS) is 13.7. The first-order valence-corrected chi connectivity index (χ1v) is 42.6. The highest BCUT2D eigenvalue weighted by molar-refractivity contribution is 8.00. The number of ether oxygens (including phenoxy) is 2. The van der Waals surface area contributed by atoms with E-state index in [9.17, 15) is 108 Å². The Morgan fingerprint density at radius 3 is 0.775 bits per heavy atom. The Bertz CT molecular complexity index is 8330. The molecule has 700 valence electrons. The van der Waals surface area contributed by atoms with E-state index < -0.39 is 211 Å². The van der Waals surface area contributed by atoms with Gasteiger partial charge < -0.3 is 9.47 Å². The molecule has 40 heteroatoms. The molecule has 0 aliphatic heterocycles. The van der Waals surface area contributed by atoms with Gasteiger partial charge in [0.15, 0.2) is 0 Å². The van der Waals surface area contributed by atoms with Crippen LogP contribution in [-0.2, 0) is 50.9 Å². The Morgan fingerprint density at radius 1 is 0.289 bits per heavy atom. The van der Waals surface area contributed by atoms with E-state index in [1.807, 2.05) is 31.2 Å². The third-order valence-corrected chi connectivity index (χ3v) is 24.9. The molecule has 15 rings (SSSR count). The van der Waals surface area contributed by atoms with E-state index in [-0.39, 0.29) is 118 Å². The number of nitriles is 8. The number of hydrogen-bond acceptors (Lipinski definition) is 13. The SMILES string of the molecule is [C-]#[N+]C([N+]#[C-])=C1Cc2c(C#N)c3c(c(C#N)c2=C1c1cccc(C)c1)CC(=C(C#N)C#N)C=3c1cccc(SC(F)(F)F)c1.[C-]#[N+]C([N+]#[C-])=C1Cc2c(C(F)(F)F)c3c(c(C(F)(F)F)c2=C1c1cccc(C)c1)CC(=C(C#N)C#N)C=3c1cccc(SC(F)(F)F)c1.[C-]#[N+]C([N+]#[C-])=C1Cc2c(OC(F)(F)F)c3c(c(OC(F)(F)F)c2=C1c1cccc(C)c1)CC(=C(C#N)C#N)C=3c1cccc(SC(F)(F)F)c1. The number of aryl methyl sites for hydroxylation is 3. The number of rotatable bonds is 11. The van der Waals surface area contributed by atoms with Crippen molar-refractivity contribution in [3.8, 4) is 60.1 Å². The number of alkyl halides is 21. The second-order valence-corrected chi connectivity index (χ2v) is 34.5. The summed E-state index contributed by atoms with van der Waals surface area (Å²) in [4.78, 5) is 18.3. The molecular weight excluding hydrogens is 1950 g/mol. The lowest BCUT2D eigenvalue weighted by atomic mass is 9.90. The molecule has 0 atom stereocenters. The van der Waals surface area contributed by atoms with Gasteiger partial charge in [0.25, 0.3) is 0 Å². The van der Waals surface area contributed by atoms with Crippen LogP contribution in [0.1, 0.15) is 106 Å². The minimum absolute atomic E-state index is 0.0107. The van der Waals surface area contributed by atoms with Crippen LogP contribution in [0.5, 0.6) is 11.5 Å². The summed E-state index contributed by atoms with van der Waals surface area (Å²) in [6.45, 7) is 50.5. The number of benzene rings is 9. The Balaban J connectivity index is 0.000000179. The van der Waals surface area contributed by atoms with Gasteiger partial charge >= 0.3 is 59.1 Å². The lowest BCUT2D eigenvalue weighted by Gasteiger charge is -2.19. The molecule has 6 aliphatic rings. The van der Waals surface area contributed by atoms with E-state index in [4.69, 9.17) is 39.4 Å². The Morgan fingerprint density at radius 2 is 0.514 bits per heavy atom. The predicted molar refractivity (Wildman–Crippen MR) is 471 cm³/mol. The third kappa shape index (κ3) is 20.2. The van der Waals surface area contributed by atoms with Crippen molar-refractivity contribution in [2.24, 2.45) is 0 Å². The van der Waals surface area contributed by atoms with Gasteiger partial charge in [-0.2, -0.15) is 137 Å². The fraction of sp³-hybridized carbons (Fsp3) is 0.157. The third-order valence-electron chi connectivity index (χ3n) is 22.7. The molecule has 0 aromatic heterocycles. The molecule has 0 bridgehead atoms. The maximum absolute atomic E-state index is 15.4. The zero-order chi connectivity index (χ0) is 104. The van der Waals surface area contributed by atoms with Gasteiger partial charge in [-0.1, -0.05) is 126 Å². The molecule has 0 heterocycles. The summed E-state index contributed by atoms with van der Waals surface area (Å²) >= 11 is -1.51. The van der Waals surface area contributed by atoms with Crippen molar-refractivity contribution in [2.45, 2.75) is 116 Å². The van der Waals surface area contributed by atoms with Crippen molar-refractivity contribution in [3.63, 3.8) is 0 Å².